The van der Waals surface area contributed by atoms with Crippen molar-refractivity contribution in [1.82, 2.24) is 0 Å². The maximum absolute atomic E-state index is 10.1. The number of nitrogen functional groups attached to an aromatic ring is 4. The maximum Gasteiger partial charge on any atom is 0.138 e. The SMILES string of the molecule is Nc1cc(C(c2ccc(O)c(N)c2)(c2ccc(O)c(N)c2)c2ccc(O)c(N)c2)ccc1O. The Morgan fingerprint density at radius 3 is 0.788 bits per heavy atom. The number of anilines is 4. The van der Waals surface area contributed by atoms with Gasteiger partial charge in [-0.15, -0.1) is 0 Å². The highest BCUT2D eigenvalue weighted by atomic mass is 16.3. The summed E-state index contributed by atoms with van der Waals surface area (Å²) in [6.07, 6.45) is 0. The Kier molecular flexibility index (Phi) is 5.06. The third-order valence-electron chi connectivity index (χ3n) is 5.84. The molecule has 4 aromatic rings. The zero-order chi connectivity index (χ0) is 23.9. The first-order chi connectivity index (χ1) is 15.6. The highest BCUT2D eigenvalue weighted by Crippen LogP contribution is 2.49. The van der Waals surface area contributed by atoms with Gasteiger partial charge in [0.2, 0.25) is 0 Å². The summed E-state index contributed by atoms with van der Waals surface area (Å²) in [5, 5.41) is 40.3. The Bertz CT molecular complexity index is 1160. The Morgan fingerprint density at radius 1 is 0.394 bits per heavy atom. The summed E-state index contributed by atoms with van der Waals surface area (Å²) >= 11 is 0. The van der Waals surface area contributed by atoms with Gasteiger partial charge in [-0.3, -0.25) is 0 Å². The molecule has 12 N–H and O–H groups in total. The predicted octanol–water partition coefficient (Wildman–Crippen LogP) is 3.22. The minimum Gasteiger partial charge on any atom is -0.506 e. The fraction of sp³-hybridized carbons (Fsp3) is 0.0400. The van der Waals surface area contributed by atoms with Crippen LogP contribution in [-0.4, -0.2) is 20.4 Å². The minimum atomic E-state index is -1.16. The lowest BCUT2D eigenvalue weighted by molar-refractivity contribution is 0.477. The average Bonchev–Trinajstić information content (AvgIpc) is 2.78. The predicted molar refractivity (Wildman–Crippen MR) is 129 cm³/mol. The fourth-order valence-corrected chi connectivity index (χ4v) is 4.15. The van der Waals surface area contributed by atoms with Crippen LogP contribution in [0, 0.1) is 0 Å². The quantitative estimate of drug-likeness (QED) is 0.134. The highest BCUT2D eigenvalue weighted by molar-refractivity contribution is 5.71. The van der Waals surface area contributed by atoms with Crippen molar-refractivity contribution in [2.24, 2.45) is 0 Å². The Hall–Kier alpha value is -4.72. The molecule has 8 nitrogen and oxygen atoms in total. The molecule has 0 fully saturated rings. The van der Waals surface area contributed by atoms with Crippen LogP contribution in [0.3, 0.4) is 0 Å². The van der Waals surface area contributed by atoms with Crippen LogP contribution in [0.2, 0.25) is 0 Å². The summed E-state index contributed by atoms with van der Waals surface area (Å²) in [5.41, 5.74) is 26.2. The van der Waals surface area contributed by atoms with Crippen molar-refractivity contribution in [3.63, 3.8) is 0 Å². The van der Waals surface area contributed by atoms with Crippen molar-refractivity contribution in [3.8, 4) is 23.0 Å². The van der Waals surface area contributed by atoms with E-state index in [0.29, 0.717) is 22.3 Å². The van der Waals surface area contributed by atoms with Crippen LogP contribution in [-0.2, 0) is 5.41 Å². The standard InChI is InChI=1S/C25H24N4O4/c26-17-9-13(1-5-21(17)30)25(14-2-6-22(31)18(27)10-14,15-3-7-23(32)19(28)11-15)16-4-8-24(33)20(29)12-16/h1-12,30-33H,26-29H2. The molecule has 168 valence electrons. The van der Waals surface area contributed by atoms with Crippen LogP contribution in [0.4, 0.5) is 22.7 Å². The molecule has 0 heterocycles. The number of nitrogens with two attached hydrogens (primary N) is 4. The zero-order valence-corrected chi connectivity index (χ0v) is 17.5. The van der Waals surface area contributed by atoms with Crippen LogP contribution in [0.1, 0.15) is 22.3 Å². The molecule has 33 heavy (non-hydrogen) atoms. The van der Waals surface area contributed by atoms with Gasteiger partial charge in [0.1, 0.15) is 23.0 Å². The lowest BCUT2D eigenvalue weighted by Crippen LogP contribution is -2.31. The van der Waals surface area contributed by atoms with E-state index in [2.05, 4.69) is 0 Å². The molecule has 4 rings (SSSR count). The second-order valence-corrected chi connectivity index (χ2v) is 7.84. The molecule has 0 saturated carbocycles. The summed E-state index contributed by atoms with van der Waals surface area (Å²) < 4.78 is 0. The topological polar surface area (TPSA) is 185 Å². The number of rotatable bonds is 4. The molecule has 0 bridgehead atoms. The molecule has 0 aliphatic carbocycles. The molecule has 0 atom stereocenters. The van der Waals surface area contributed by atoms with E-state index >= 15 is 0 Å². The molecule has 0 unspecified atom stereocenters. The van der Waals surface area contributed by atoms with Gasteiger partial charge in [-0.25, -0.2) is 0 Å². The second kappa shape index (κ2) is 7.76. The van der Waals surface area contributed by atoms with E-state index in [9.17, 15) is 20.4 Å². The normalized spacial score (nSPS) is 11.4. The number of aromatic hydroxyl groups is 4. The van der Waals surface area contributed by atoms with Crippen LogP contribution in [0.25, 0.3) is 0 Å². The number of hydrogen-bond donors (Lipinski definition) is 8. The van der Waals surface area contributed by atoms with Gasteiger partial charge in [-0.2, -0.15) is 0 Å². The van der Waals surface area contributed by atoms with Crippen LogP contribution in [0.15, 0.2) is 72.8 Å². The molecule has 0 spiro atoms. The van der Waals surface area contributed by atoms with Crippen molar-refractivity contribution in [1.29, 1.82) is 0 Å². The largest absolute Gasteiger partial charge is 0.506 e. The molecule has 0 aromatic heterocycles. The molecule has 0 aliphatic heterocycles. The van der Waals surface area contributed by atoms with E-state index < -0.39 is 5.41 Å². The third kappa shape index (κ3) is 3.43. The third-order valence-corrected chi connectivity index (χ3v) is 5.84. The summed E-state index contributed by atoms with van der Waals surface area (Å²) in [6, 6.07) is 19.1. The van der Waals surface area contributed by atoms with Gasteiger partial charge in [0.15, 0.2) is 0 Å². The molecule has 0 aliphatic rings. The van der Waals surface area contributed by atoms with E-state index in [1.807, 2.05) is 0 Å². The van der Waals surface area contributed by atoms with Crippen molar-refractivity contribution in [2.75, 3.05) is 22.9 Å². The minimum absolute atomic E-state index is 0.0895. The molecule has 8 heteroatoms. The summed E-state index contributed by atoms with van der Waals surface area (Å²) in [7, 11) is 0. The number of benzene rings is 4. The number of phenols is 4. The van der Waals surface area contributed by atoms with E-state index in [1.54, 1.807) is 48.5 Å². The molecule has 4 aromatic carbocycles. The Balaban J connectivity index is 2.21. The van der Waals surface area contributed by atoms with Gasteiger partial charge in [0.25, 0.3) is 0 Å². The molecular weight excluding hydrogens is 420 g/mol. The monoisotopic (exact) mass is 444 g/mol. The van der Waals surface area contributed by atoms with Crippen molar-refractivity contribution in [3.05, 3.63) is 95.1 Å². The van der Waals surface area contributed by atoms with E-state index in [4.69, 9.17) is 22.9 Å². The maximum atomic E-state index is 10.1. The van der Waals surface area contributed by atoms with Crippen molar-refractivity contribution < 1.29 is 20.4 Å². The molecule has 0 amide bonds. The Labute approximate surface area is 190 Å². The second-order valence-electron chi connectivity index (χ2n) is 7.84. The van der Waals surface area contributed by atoms with E-state index in [-0.39, 0.29) is 45.7 Å². The number of hydrogen-bond acceptors (Lipinski definition) is 8. The summed E-state index contributed by atoms with van der Waals surface area (Å²) in [6.45, 7) is 0. The van der Waals surface area contributed by atoms with Crippen molar-refractivity contribution >= 4 is 22.7 Å². The van der Waals surface area contributed by atoms with E-state index in [1.165, 1.54) is 24.3 Å². The summed E-state index contributed by atoms with van der Waals surface area (Å²) in [5.74, 6) is -0.358. The molecular formula is C25H24N4O4. The molecule has 0 saturated heterocycles. The van der Waals surface area contributed by atoms with Gasteiger partial charge in [0, 0.05) is 0 Å². The lowest BCUT2D eigenvalue weighted by Gasteiger charge is -2.37. The van der Waals surface area contributed by atoms with Crippen LogP contribution in [0.5, 0.6) is 23.0 Å². The van der Waals surface area contributed by atoms with Gasteiger partial charge in [0.05, 0.1) is 28.2 Å². The summed E-state index contributed by atoms with van der Waals surface area (Å²) in [4.78, 5) is 0. The molecule has 0 radical (unpaired) electrons. The zero-order valence-electron chi connectivity index (χ0n) is 17.5. The Morgan fingerprint density at radius 2 is 0.606 bits per heavy atom. The first kappa shape index (κ1) is 21.5. The van der Waals surface area contributed by atoms with Gasteiger partial charge >= 0.3 is 0 Å². The smallest absolute Gasteiger partial charge is 0.138 e. The van der Waals surface area contributed by atoms with Gasteiger partial charge in [-0.1, -0.05) is 24.3 Å². The van der Waals surface area contributed by atoms with Crippen molar-refractivity contribution in [2.45, 2.75) is 5.41 Å². The first-order valence-electron chi connectivity index (χ1n) is 10.0. The lowest BCUT2D eigenvalue weighted by atomic mass is 9.64. The van der Waals surface area contributed by atoms with Gasteiger partial charge < -0.3 is 43.4 Å². The van der Waals surface area contributed by atoms with Crippen LogP contribution >= 0.6 is 0 Å². The average molecular weight is 444 g/mol. The highest BCUT2D eigenvalue weighted by Gasteiger charge is 2.40. The van der Waals surface area contributed by atoms with Crippen LogP contribution < -0.4 is 22.9 Å². The first-order valence-corrected chi connectivity index (χ1v) is 10.0. The number of phenolic OH excluding ortho intramolecular Hbond substituents is 4. The van der Waals surface area contributed by atoms with Gasteiger partial charge in [-0.05, 0) is 70.8 Å². The van der Waals surface area contributed by atoms with E-state index in [0.717, 1.165) is 0 Å². The fourth-order valence-electron chi connectivity index (χ4n) is 4.15.